The van der Waals surface area contributed by atoms with Crippen molar-refractivity contribution in [2.45, 2.75) is 27.7 Å². The summed E-state index contributed by atoms with van der Waals surface area (Å²) in [6.45, 7) is 7.55. The standard InChI is InChI=1S/C22H26N2O4/c1-5-24(18-10-8-7-9-11-18)21(27)22(3,4)20(26)23-17-14-12-16(13-15-17)19(25)28-6-2/h7-15H,5-6H2,1-4H3,(H,23,26). The average molecular weight is 382 g/mol. The Bertz CT molecular complexity index is 829. The third-order valence-electron chi connectivity index (χ3n) is 4.39. The van der Waals surface area contributed by atoms with Crippen molar-refractivity contribution >= 4 is 29.2 Å². The molecule has 0 saturated carbocycles. The molecule has 2 aromatic rings. The minimum absolute atomic E-state index is 0.290. The molecule has 0 aliphatic heterocycles. The van der Waals surface area contributed by atoms with E-state index in [0.29, 0.717) is 24.4 Å². The second kappa shape index (κ2) is 9.17. The van der Waals surface area contributed by atoms with Crippen molar-refractivity contribution in [1.29, 1.82) is 0 Å². The molecule has 0 saturated heterocycles. The molecule has 0 aliphatic carbocycles. The largest absolute Gasteiger partial charge is 0.462 e. The highest BCUT2D eigenvalue weighted by Crippen LogP contribution is 2.25. The van der Waals surface area contributed by atoms with Gasteiger partial charge in [-0.15, -0.1) is 0 Å². The fourth-order valence-electron chi connectivity index (χ4n) is 2.68. The Labute approximate surface area is 165 Å². The lowest BCUT2D eigenvalue weighted by atomic mass is 9.89. The van der Waals surface area contributed by atoms with Crippen LogP contribution in [-0.2, 0) is 14.3 Å². The van der Waals surface area contributed by atoms with Crippen molar-refractivity contribution in [3.05, 3.63) is 60.2 Å². The Morgan fingerprint density at radius 2 is 1.57 bits per heavy atom. The van der Waals surface area contributed by atoms with Gasteiger partial charge >= 0.3 is 5.97 Å². The van der Waals surface area contributed by atoms with Crippen LogP contribution in [0.25, 0.3) is 0 Å². The number of amides is 2. The van der Waals surface area contributed by atoms with E-state index in [1.54, 1.807) is 49.9 Å². The number of anilines is 2. The molecule has 0 heterocycles. The lowest BCUT2D eigenvalue weighted by molar-refractivity contribution is -0.136. The number of rotatable bonds is 7. The molecule has 1 N–H and O–H groups in total. The van der Waals surface area contributed by atoms with Gasteiger partial charge in [-0.25, -0.2) is 4.79 Å². The molecular formula is C22H26N2O4. The lowest BCUT2D eigenvalue weighted by Crippen LogP contribution is -2.47. The first kappa shape index (κ1) is 21.2. The highest BCUT2D eigenvalue weighted by Gasteiger charge is 2.39. The fourth-order valence-corrected chi connectivity index (χ4v) is 2.68. The first-order valence-corrected chi connectivity index (χ1v) is 9.26. The fraction of sp³-hybridized carbons (Fsp3) is 0.318. The summed E-state index contributed by atoms with van der Waals surface area (Å²) >= 11 is 0. The molecule has 0 spiro atoms. The topological polar surface area (TPSA) is 75.7 Å². The van der Waals surface area contributed by atoms with Crippen LogP contribution < -0.4 is 10.2 Å². The van der Waals surface area contributed by atoms with Gasteiger partial charge in [0.25, 0.3) is 0 Å². The predicted octanol–water partition coefficient (Wildman–Crippen LogP) is 3.88. The van der Waals surface area contributed by atoms with Gasteiger partial charge in [-0.2, -0.15) is 0 Å². The number of hydrogen-bond acceptors (Lipinski definition) is 4. The lowest BCUT2D eigenvalue weighted by Gasteiger charge is -2.30. The first-order valence-electron chi connectivity index (χ1n) is 9.26. The van der Waals surface area contributed by atoms with E-state index in [1.807, 2.05) is 37.3 Å². The highest BCUT2D eigenvalue weighted by atomic mass is 16.5. The Kier molecular flexibility index (Phi) is 6.93. The van der Waals surface area contributed by atoms with E-state index in [1.165, 1.54) is 0 Å². The summed E-state index contributed by atoms with van der Waals surface area (Å²) in [7, 11) is 0. The van der Waals surface area contributed by atoms with Crippen LogP contribution in [0.1, 0.15) is 38.1 Å². The number of hydrogen-bond donors (Lipinski definition) is 1. The monoisotopic (exact) mass is 382 g/mol. The van der Waals surface area contributed by atoms with Crippen LogP contribution in [0.5, 0.6) is 0 Å². The van der Waals surface area contributed by atoms with E-state index in [9.17, 15) is 14.4 Å². The average Bonchev–Trinajstić information content (AvgIpc) is 2.70. The van der Waals surface area contributed by atoms with E-state index < -0.39 is 17.3 Å². The molecule has 0 bridgehead atoms. The summed E-state index contributed by atoms with van der Waals surface area (Å²) in [5.74, 6) is -1.13. The molecule has 0 aromatic heterocycles. The third kappa shape index (κ3) is 4.76. The molecule has 0 aliphatic rings. The molecule has 0 atom stereocenters. The Morgan fingerprint density at radius 1 is 0.964 bits per heavy atom. The van der Waals surface area contributed by atoms with Gasteiger partial charge in [-0.05, 0) is 64.1 Å². The maximum Gasteiger partial charge on any atom is 0.338 e. The number of para-hydroxylation sites is 1. The van der Waals surface area contributed by atoms with Gasteiger partial charge in [0.1, 0.15) is 5.41 Å². The molecule has 0 unspecified atom stereocenters. The van der Waals surface area contributed by atoms with Crippen LogP contribution in [0.2, 0.25) is 0 Å². The molecule has 2 aromatic carbocycles. The van der Waals surface area contributed by atoms with E-state index in [-0.39, 0.29) is 5.91 Å². The van der Waals surface area contributed by atoms with Crippen molar-refractivity contribution in [3.8, 4) is 0 Å². The Morgan fingerprint density at radius 3 is 2.11 bits per heavy atom. The minimum atomic E-state index is -1.27. The molecule has 0 fully saturated rings. The molecular weight excluding hydrogens is 356 g/mol. The van der Waals surface area contributed by atoms with Crippen molar-refractivity contribution in [1.82, 2.24) is 0 Å². The van der Waals surface area contributed by atoms with Crippen LogP contribution in [-0.4, -0.2) is 30.9 Å². The number of carbonyl (C=O) groups excluding carboxylic acids is 3. The molecule has 148 valence electrons. The second-order valence-corrected chi connectivity index (χ2v) is 6.76. The van der Waals surface area contributed by atoms with Crippen molar-refractivity contribution < 1.29 is 19.1 Å². The highest BCUT2D eigenvalue weighted by molar-refractivity contribution is 6.14. The predicted molar refractivity (Wildman–Crippen MR) is 109 cm³/mol. The zero-order valence-corrected chi connectivity index (χ0v) is 16.7. The van der Waals surface area contributed by atoms with Crippen LogP contribution in [0.15, 0.2) is 54.6 Å². The summed E-state index contributed by atoms with van der Waals surface area (Å²) in [4.78, 5) is 39.1. The Hall–Kier alpha value is -3.15. The van der Waals surface area contributed by atoms with Gasteiger partial charge < -0.3 is 15.0 Å². The van der Waals surface area contributed by atoms with Crippen molar-refractivity contribution in [3.63, 3.8) is 0 Å². The maximum absolute atomic E-state index is 13.0. The molecule has 0 radical (unpaired) electrons. The van der Waals surface area contributed by atoms with Gasteiger partial charge in [0, 0.05) is 17.9 Å². The third-order valence-corrected chi connectivity index (χ3v) is 4.39. The van der Waals surface area contributed by atoms with Crippen molar-refractivity contribution in [2.24, 2.45) is 5.41 Å². The quantitative estimate of drug-likeness (QED) is 0.582. The summed E-state index contributed by atoms with van der Waals surface area (Å²) in [5, 5.41) is 2.75. The molecule has 28 heavy (non-hydrogen) atoms. The number of nitrogens with one attached hydrogen (secondary N) is 1. The minimum Gasteiger partial charge on any atom is -0.462 e. The number of carbonyl (C=O) groups is 3. The zero-order valence-electron chi connectivity index (χ0n) is 16.7. The molecule has 6 nitrogen and oxygen atoms in total. The number of ether oxygens (including phenoxy) is 1. The van der Waals surface area contributed by atoms with Gasteiger partial charge in [-0.1, -0.05) is 18.2 Å². The van der Waals surface area contributed by atoms with Crippen LogP contribution in [0, 0.1) is 5.41 Å². The molecule has 2 amide bonds. The Balaban J connectivity index is 2.13. The van der Waals surface area contributed by atoms with Crippen LogP contribution >= 0.6 is 0 Å². The summed E-state index contributed by atoms with van der Waals surface area (Å²) in [6, 6.07) is 15.6. The summed E-state index contributed by atoms with van der Waals surface area (Å²) < 4.78 is 4.94. The molecule has 2 rings (SSSR count). The van der Waals surface area contributed by atoms with Crippen LogP contribution in [0.3, 0.4) is 0 Å². The molecule has 6 heteroatoms. The first-order chi connectivity index (χ1) is 13.3. The van der Waals surface area contributed by atoms with Crippen molar-refractivity contribution in [2.75, 3.05) is 23.4 Å². The maximum atomic E-state index is 13.0. The zero-order chi connectivity index (χ0) is 20.7. The normalized spacial score (nSPS) is 10.9. The SMILES string of the molecule is CCOC(=O)c1ccc(NC(=O)C(C)(C)C(=O)N(CC)c2ccccc2)cc1. The summed E-state index contributed by atoms with van der Waals surface area (Å²) in [6.07, 6.45) is 0. The van der Waals surface area contributed by atoms with Gasteiger partial charge in [0.15, 0.2) is 0 Å². The van der Waals surface area contributed by atoms with E-state index in [0.717, 1.165) is 5.69 Å². The van der Waals surface area contributed by atoms with E-state index in [4.69, 9.17) is 4.74 Å². The summed E-state index contributed by atoms with van der Waals surface area (Å²) in [5.41, 5.74) is 0.374. The van der Waals surface area contributed by atoms with Crippen LogP contribution in [0.4, 0.5) is 11.4 Å². The smallest absolute Gasteiger partial charge is 0.338 e. The number of esters is 1. The number of nitrogens with zero attached hydrogens (tertiary/aromatic N) is 1. The van der Waals surface area contributed by atoms with E-state index >= 15 is 0 Å². The number of benzene rings is 2. The van der Waals surface area contributed by atoms with Gasteiger partial charge in [0.05, 0.1) is 12.2 Å². The van der Waals surface area contributed by atoms with E-state index in [2.05, 4.69) is 5.32 Å². The van der Waals surface area contributed by atoms with Gasteiger partial charge in [-0.3, -0.25) is 9.59 Å². The second-order valence-electron chi connectivity index (χ2n) is 6.76. The van der Waals surface area contributed by atoms with Gasteiger partial charge in [0.2, 0.25) is 11.8 Å².